The van der Waals surface area contributed by atoms with Crippen LogP contribution in [0, 0.1) is 17.6 Å². The number of nitrogens with one attached hydrogen (secondary N) is 2. The van der Waals surface area contributed by atoms with E-state index in [1.165, 1.54) is 0 Å². The fourth-order valence-corrected chi connectivity index (χ4v) is 2.24. The van der Waals surface area contributed by atoms with Gasteiger partial charge in [-0.25, -0.2) is 0 Å². The number of carbonyl (C=O) groups is 1. The summed E-state index contributed by atoms with van der Waals surface area (Å²) in [5.74, 6) is 0.821. The standard InChI is InChI=1S/C15H20N4OS/c1-9(2)12(13-17-18-15(21)19(13)4)16-14(20)11-7-5-10(3)6-8-11/h5-9,12H,1-4H3,(H,16,20)(H,18,21)/t12-/m0/s1. The van der Waals surface area contributed by atoms with Crippen LogP contribution in [0.4, 0.5) is 0 Å². The van der Waals surface area contributed by atoms with Crippen molar-refractivity contribution < 1.29 is 4.79 Å². The Morgan fingerprint density at radius 3 is 2.43 bits per heavy atom. The molecule has 0 unspecified atom stereocenters. The van der Waals surface area contributed by atoms with Gasteiger partial charge in [0.15, 0.2) is 10.6 Å². The third kappa shape index (κ3) is 3.39. The van der Waals surface area contributed by atoms with Gasteiger partial charge >= 0.3 is 0 Å². The second-order valence-electron chi connectivity index (χ2n) is 5.51. The van der Waals surface area contributed by atoms with Gasteiger partial charge in [-0.3, -0.25) is 9.89 Å². The number of aryl methyl sites for hydroxylation is 1. The fourth-order valence-electron chi connectivity index (χ4n) is 2.10. The lowest BCUT2D eigenvalue weighted by Gasteiger charge is -2.21. The quantitative estimate of drug-likeness (QED) is 0.854. The summed E-state index contributed by atoms with van der Waals surface area (Å²) in [6.45, 7) is 6.07. The van der Waals surface area contributed by atoms with Gasteiger partial charge in [-0.2, -0.15) is 5.10 Å². The molecule has 0 fully saturated rings. The number of aromatic nitrogens is 3. The second-order valence-corrected chi connectivity index (χ2v) is 5.89. The van der Waals surface area contributed by atoms with Crippen molar-refractivity contribution >= 4 is 18.1 Å². The summed E-state index contributed by atoms with van der Waals surface area (Å²) in [6, 6.07) is 7.30. The molecule has 0 saturated carbocycles. The van der Waals surface area contributed by atoms with Gasteiger partial charge in [0.05, 0.1) is 6.04 Å². The number of carbonyl (C=O) groups excluding carboxylic acids is 1. The van der Waals surface area contributed by atoms with Crippen molar-refractivity contribution in [2.75, 3.05) is 0 Å². The fraction of sp³-hybridized carbons (Fsp3) is 0.400. The molecule has 2 aromatic rings. The molecule has 112 valence electrons. The Hall–Kier alpha value is -1.95. The molecule has 0 aliphatic carbocycles. The van der Waals surface area contributed by atoms with E-state index < -0.39 is 0 Å². The molecule has 2 N–H and O–H groups in total. The van der Waals surface area contributed by atoms with E-state index in [9.17, 15) is 4.79 Å². The predicted molar refractivity (Wildman–Crippen MR) is 84.6 cm³/mol. The summed E-state index contributed by atoms with van der Waals surface area (Å²) in [7, 11) is 1.84. The predicted octanol–water partition coefficient (Wildman–Crippen LogP) is 2.91. The molecule has 5 nitrogen and oxygen atoms in total. The Labute approximate surface area is 129 Å². The first kappa shape index (κ1) is 15.4. The SMILES string of the molecule is Cc1ccc(C(=O)N[C@H](c2n[nH]c(=S)n2C)C(C)C)cc1. The number of hydrogen-bond acceptors (Lipinski definition) is 3. The maximum absolute atomic E-state index is 12.4. The molecule has 21 heavy (non-hydrogen) atoms. The number of hydrogen-bond donors (Lipinski definition) is 2. The minimum absolute atomic E-state index is 0.109. The molecule has 0 spiro atoms. The van der Waals surface area contributed by atoms with Gasteiger partial charge in [0.2, 0.25) is 0 Å². The van der Waals surface area contributed by atoms with E-state index in [0.717, 1.165) is 11.4 Å². The molecule has 0 bridgehead atoms. The van der Waals surface area contributed by atoms with Crippen LogP contribution in [-0.2, 0) is 7.05 Å². The Balaban J connectivity index is 2.24. The van der Waals surface area contributed by atoms with Crippen molar-refractivity contribution in [3.63, 3.8) is 0 Å². The van der Waals surface area contributed by atoms with Crippen molar-refractivity contribution in [1.82, 2.24) is 20.1 Å². The number of rotatable bonds is 4. The summed E-state index contributed by atoms with van der Waals surface area (Å²) in [4.78, 5) is 12.4. The van der Waals surface area contributed by atoms with Crippen LogP contribution in [-0.4, -0.2) is 20.7 Å². The van der Waals surface area contributed by atoms with E-state index in [1.54, 1.807) is 4.57 Å². The number of aromatic amines is 1. The highest BCUT2D eigenvalue weighted by molar-refractivity contribution is 7.71. The lowest BCUT2D eigenvalue weighted by atomic mass is 10.0. The Bertz CT molecular complexity index is 684. The highest BCUT2D eigenvalue weighted by Crippen LogP contribution is 2.20. The maximum atomic E-state index is 12.4. The van der Waals surface area contributed by atoms with Crippen molar-refractivity contribution in [1.29, 1.82) is 0 Å². The molecular weight excluding hydrogens is 284 g/mol. The summed E-state index contributed by atoms with van der Waals surface area (Å²) >= 11 is 5.13. The zero-order chi connectivity index (χ0) is 15.6. The Morgan fingerprint density at radius 2 is 1.95 bits per heavy atom. The van der Waals surface area contributed by atoms with Crippen LogP contribution in [0.5, 0.6) is 0 Å². The van der Waals surface area contributed by atoms with Crippen molar-refractivity contribution in [3.05, 3.63) is 46.0 Å². The normalized spacial score (nSPS) is 12.4. The van der Waals surface area contributed by atoms with E-state index in [-0.39, 0.29) is 17.9 Å². The highest BCUT2D eigenvalue weighted by Gasteiger charge is 2.23. The number of nitrogens with zero attached hydrogens (tertiary/aromatic N) is 2. The Kier molecular flexibility index (Phi) is 4.57. The van der Waals surface area contributed by atoms with Gasteiger partial charge in [-0.05, 0) is 37.2 Å². The average Bonchev–Trinajstić information content (AvgIpc) is 2.76. The summed E-state index contributed by atoms with van der Waals surface area (Å²) in [5, 5.41) is 10.0. The minimum Gasteiger partial charge on any atom is -0.342 e. The first-order valence-corrected chi connectivity index (χ1v) is 7.29. The molecular formula is C15H20N4OS. The second kappa shape index (κ2) is 6.22. The van der Waals surface area contributed by atoms with Crippen LogP contribution in [0.15, 0.2) is 24.3 Å². The number of benzene rings is 1. The molecule has 0 aliphatic heterocycles. The molecule has 0 radical (unpaired) electrons. The smallest absolute Gasteiger partial charge is 0.251 e. The van der Waals surface area contributed by atoms with Crippen LogP contribution >= 0.6 is 12.2 Å². The minimum atomic E-state index is -0.197. The average molecular weight is 304 g/mol. The number of H-pyrrole nitrogens is 1. The molecule has 1 atom stereocenters. The van der Waals surface area contributed by atoms with Crippen molar-refractivity contribution in [3.8, 4) is 0 Å². The summed E-state index contributed by atoms with van der Waals surface area (Å²) < 4.78 is 2.33. The van der Waals surface area contributed by atoms with Gasteiger partial charge in [-0.15, -0.1) is 0 Å². The molecule has 1 aromatic heterocycles. The van der Waals surface area contributed by atoms with Crippen LogP contribution in [0.3, 0.4) is 0 Å². The largest absolute Gasteiger partial charge is 0.342 e. The van der Waals surface area contributed by atoms with Gasteiger partial charge in [0.25, 0.3) is 5.91 Å². The topological polar surface area (TPSA) is 62.7 Å². The first-order chi connectivity index (χ1) is 9.90. The van der Waals surface area contributed by atoms with E-state index in [0.29, 0.717) is 10.3 Å². The summed E-state index contributed by atoms with van der Waals surface area (Å²) in [6.07, 6.45) is 0. The molecule has 1 amide bonds. The van der Waals surface area contributed by atoms with Crippen LogP contribution in [0.2, 0.25) is 0 Å². The Morgan fingerprint density at radius 1 is 1.33 bits per heavy atom. The van der Waals surface area contributed by atoms with Crippen LogP contribution in [0.25, 0.3) is 0 Å². The lowest BCUT2D eigenvalue weighted by molar-refractivity contribution is 0.0922. The molecule has 0 saturated heterocycles. The van der Waals surface area contributed by atoms with E-state index in [4.69, 9.17) is 12.2 Å². The van der Waals surface area contributed by atoms with Gasteiger partial charge in [0.1, 0.15) is 0 Å². The van der Waals surface area contributed by atoms with Gasteiger partial charge in [-0.1, -0.05) is 31.5 Å². The van der Waals surface area contributed by atoms with Gasteiger partial charge < -0.3 is 9.88 Å². The molecule has 1 heterocycles. The molecule has 0 aliphatic rings. The third-order valence-electron chi connectivity index (χ3n) is 3.46. The summed E-state index contributed by atoms with van der Waals surface area (Å²) in [5.41, 5.74) is 1.77. The van der Waals surface area contributed by atoms with E-state index in [1.807, 2.05) is 52.1 Å². The van der Waals surface area contributed by atoms with Crippen molar-refractivity contribution in [2.24, 2.45) is 13.0 Å². The maximum Gasteiger partial charge on any atom is 0.251 e. The van der Waals surface area contributed by atoms with Crippen molar-refractivity contribution in [2.45, 2.75) is 26.8 Å². The van der Waals surface area contributed by atoms with Crippen LogP contribution in [0.1, 0.15) is 41.6 Å². The third-order valence-corrected chi connectivity index (χ3v) is 3.82. The van der Waals surface area contributed by atoms with E-state index >= 15 is 0 Å². The molecule has 1 aromatic carbocycles. The van der Waals surface area contributed by atoms with Gasteiger partial charge in [0, 0.05) is 12.6 Å². The monoisotopic (exact) mass is 304 g/mol. The molecule has 2 rings (SSSR count). The van der Waals surface area contributed by atoms with E-state index in [2.05, 4.69) is 15.5 Å². The first-order valence-electron chi connectivity index (χ1n) is 6.89. The number of amides is 1. The highest BCUT2D eigenvalue weighted by atomic mass is 32.1. The zero-order valence-corrected chi connectivity index (χ0v) is 13.5. The van der Waals surface area contributed by atoms with Crippen LogP contribution < -0.4 is 5.32 Å². The zero-order valence-electron chi connectivity index (χ0n) is 12.7. The molecule has 6 heteroatoms. The lowest BCUT2D eigenvalue weighted by Crippen LogP contribution is -2.33.